The largest absolute Gasteiger partial charge is 0.382 e. The molecule has 0 aromatic carbocycles. The number of carbonyl (C=O) groups excluding carboxylic acids is 1. The molecule has 19 heavy (non-hydrogen) atoms. The predicted molar refractivity (Wildman–Crippen MR) is 81.0 cm³/mol. The summed E-state index contributed by atoms with van der Waals surface area (Å²) in [6.45, 7) is 4.80. The fraction of sp³-hybridized carbons (Fsp3) is 0.667. The van der Waals surface area contributed by atoms with Crippen LogP contribution in [-0.2, 0) is 0 Å². The minimum Gasteiger partial charge on any atom is -0.382 e. The first-order valence-corrected chi connectivity index (χ1v) is 7.15. The standard InChI is InChI=1S/C12H23N5OS/c1-5-17(8-6-7-16(3)4)12-9(11(18)14-2)10(13)15-19-12/h5-8H2,1-4H3,(H2,13,15)(H,14,18). The highest BCUT2D eigenvalue weighted by molar-refractivity contribution is 7.11. The first kappa shape index (κ1) is 15.7. The summed E-state index contributed by atoms with van der Waals surface area (Å²) in [5.41, 5.74) is 6.29. The molecule has 0 aliphatic carbocycles. The zero-order chi connectivity index (χ0) is 14.4. The number of hydrogen-bond donors (Lipinski definition) is 2. The van der Waals surface area contributed by atoms with Crippen molar-refractivity contribution in [3.05, 3.63) is 5.56 Å². The van der Waals surface area contributed by atoms with Gasteiger partial charge >= 0.3 is 0 Å². The van der Waals surface area contributed by atoms with Crippen molar-refractivity contribution < 1.29 is 4.79 Å². The molecule has 0 saturated carbocycles. The van der Waals surface area contributed by atoms with E-state index < -0.39 is 0 Å². The number of amides is 1. The van der Waals surface area contributed by atoms with E-state index in [9.17, 15) is 4.79 Å². The number of carbonyl (C=O) groups is 1. The summed E-state index contributed by atoms with van der Waals surface area (Å²) in [7, 11) is 5.71. The van der Waals surface area contributed by atoms with Crippen molar-refractivity contribution in [3.8, 4) is 0 Å². The van der Waals surface area contributed by atoms with Crippen LogP contribution in [0, 0.1) is 0 Å². The maximum atomic E-state index is 11.9. The Hall–Kier alpha value is -1.34. The molecule has 0 bridgehead atoms. The van der Waals surface area contributed by atoms with Gasteiger partial charge in [-0.1, -0.05) is 0 Å². The van der Waals surface area contributed by atoms with E-state index in [1.54, 1.807) is 7.05 Å². The van der Waals surface area contributed by atoms with Crippen LogP contribution in [0.4, 0.5) is 10.8 Å². The number of rotatable bonds is 7. The Morgan fingerprint density at radius 1 is 1.42 bits per heavy atom. The van der Waals surface area contributed by atoms with Crippen molar-refractivity contribution in [1.29, 1.82) is 0 Å². The number of nitrogens with zero attached hydrogens (tertiary/aromatic N) is 3. The van der Waals surface area contributed by atoms with Crippen LogP contribution in [0.3, 0.4) is 0 Å². The minimum absolute atomic E-state index is 0.174. The lowest BCUT2D eigenvalue weighted by Crippen LogP contribution is -2.29. The predicted octanol–water partition coefficient (Wildman–Crippen LogP) is 0.863. The summed E-state index contributed by atoms with van der Waals surface area (Å²) < 4.78 is 4.10. The van der Waals surface area contributed by atoms with Gasteiger partial charge in [-0.2, -0.15) is 4.37 Å². The molecule has 1 aromatic rings. The van der Waals surface area contributed by atoms with Crippen molar-refractivity contribution in [3.63, 3.8) is 0 Å². The molecule has 3 N–H and O–H groups in total. The SMILES string of the molecule is CCN(CCCN(C)C)c1snc(N)c1C(=O)NC. The van der Waals surface area contributed by atoms with E-state index in [0.717, 1.165) is 31.1 Å². The van der Waals surface area contributed by atoms with Crippen LogP contribution >= 0.6 is 11.5 Å². The smallest absolute Gasteiger partial charge is 0.257 e. The molecule has 1 rings (SSSR count). The van der Waals surface area contributed by atoms with E-state index in [1.165, 1.54) is 11.5 Å². The number of nitrogens with two attached hydrogens (primary N) is 1. The first-order chi connectivity index (χ1) is 9.01. The van der Waals surface area contributed by atoms with E-state index in [-0.39, 0.29) is 5.91 Å². The van der Waals surface area contributed by atoms with E-state index in [4.69, 9.17) is 5.73 Å². The second-order valence-corrected chi connectivity index (χ2v) is 5.32. The monoisotopic (exact) mass is 285 g/mol. The molecule has 0 unspecified atom stereocenters. The molecule has 108 valence electrons. The summed E-state index contributed by atoms with van der Waals surface area (Å²) in [5.74, 6) is 0.137. The zero-order valence-electron chi connectivity index (χ0n) is 12.1. The van der Waals surface area contributed by atoms with Gasteiger partial charge in [-0.3, -0.25) is 4.79 Å². The van der Waals surface area contributed by atoms with Gasteiger partial charge in [-0.25, -0.2) is 0 Å². The average Bonchev–Trinajstić information content (AvgIpc) is 2.75. The Labute approximate surface area is 118 Å². The van der Waals surface area contributed by atoms with Gasteiger partial charge in [0.05, 0.1) is 0 Å². The summed E-state index contributed by atoms with van der Waals surface area (Å²) in [4.78, 5) is 16.2. The number of anilines is 2. The van der Waals surface area contributed by atoms with Crippen LogP contribution in [0.2, 0.25) is 0 Å². The molecule has 1 aromatic heterocycles. The van der Waals surface area contributed by atoms with Gasteiger partial charge in [-0.05, 0) is 45.5 Å². The molecular weight excluding hydrogens is 262 g/mol. The molecule has 1 heterocycles. The number of aromatic nitrogens is 1. The quantitative estimate of drug-likeness (QED) is 0.777. The second kappa shape index (κ2) is 7.30. The van der Waals surface area contributed by atoms with E-state index >= 15 is 0 Å². The molecule has 1 amide bonds. The highest BCUT2D eigenvalue weighted by atomic mass is 32.1. The molecule has 0 atom stereocenters. The van der Waals surface area contributed by atoms with E-state index in [0.29, 0.717) is 11.4 Å². The molecule has 0 aliphatic heterocycles. The molecule has 0 spiro atoms. The van der Waals surface area contributed by atoms with Crippen molar-refractivity contribution in [1.82, 2.24) is 14.6 Å². The van der Waals surface area contributed by atoms with Crippen molar-refractivity contribution in [2.45, 2.75) is 13.3 Å². The summed E-state index contributed by atoms with van der Waals surface area (Å²) >= 11 is 1.29. The van der Waals surface area contributed by atoms with Crippen LogP contribution < -0.4 is 16.0 Å². The lowest BCUT2D eigenvalue weighted by molar-refractivity contribution is 0.0964. The number of nitrogens with one attached hydrogen (secondary N) is 1. The topological polar surface area (TPSA) is 74.5 Å². The fourth-order valence-electron chi connectivity index (χ4n) is 1.83. The third-order valence-electron chi connectivity index (χ3n) is 2.86. The Morgan fingerprint density at radius 2 is 2.11 bits per heavy atom. The van der Waals surface area contributed by atoms with Gasteiger partial charge in [0.2, 0.25) is 0 Å². The zero-order valence-corrected chi connectivity index (χ0v) is 12.9. The summed E-state index contributed by atoms with van der Waals surface area (Å²) in [6, 6.07) is 0. The Bertz CT molecular complexity index is 418. The van der Waals surface area contributed by atoms with Gasteiger partial charge in [0.1, 0.15) is 10.6 Å². The highest BCUT2D eigenvalue weighted by Crippen LogP contribution is 2.30. The van der Waals surface area contributed by atoms with E-state index in [2.05, 4.69) is 40.5 Å². The molecule has 0 fully saturated rings. The normalized spacial score (nSPS) is 10.8. The third-order valence-corrected chi connectivity index (χ3v) is 3.78. The second-order valence-electron chi connectivity index (χ2n) is 4.56. The summed E-state index contributed by atoms with van der Waals surface area (Å²) in [6.07, 6.45) is 1.03. The van der Waals surface area contributed by atoms with E-state index in [1.807, 2.05) is 0 Å². The van der Waals surface area contributed by atoms with Gasteiger partial charge in [0, 0.05) is 20.1 Å². The minimum atomic E-state index is -0.174. The van der Waals surface area contributed by atoms with Crippen LogP contribution in [-0.4, -0.2) is 56.0 Å². The molecule has 0 radical (unpaired) electrons. The Morgan fingerprint density at radius 3 is 2.63 bits per heavy atom. The van der Waals surface area contributed by atoms with Crippen molar-refractivity contribution in [2.24, 2.45) is 0 Å². The van der Waals surface area contributed by atoms with Crippen LogP contribution in [0.5, 0.6) is 0 Å². The molecule has 7 heteroatoms. The maximum Gasteiger partial charge on any atom is 0.257 e. The van der Waals surface area contributed by atoms with Crippen LogP contribution in [0.1, 0.15) is 23.7 Å². The lowest BCUT2D eigenvalue weighted by Gasteiger charge is -2.22. The Balaban J connectivity index is 2.83. The van der Waals surface area contributed by atoms with Gasteiger partial charge in [0.15, 0.2) is 5.82 Å². The number of hydrogen-bond acceptors (Lipinski definition) is 6. The Kier molecular flexibility index (Phi) is 6.04. The third kappa shape index (κ3) is 4.07. The molecule has 0 aliphatic rings. The average molecular weight is 285 g/mol. The maximum absolute atomic E-state index is 11.9. The van der Waals surface area contributed by atoms with Crippen LogP contribution in [0.25, 0.3) is 0 Å². The van der Waals surface area contributed by atoms with Gasteiger partial charge < -0.3 is 20.9 Å². The van der Waals surface area contributed by atoms with Gasteiger partial charge in [0.25, 0.3) is 5.91 Å². The first-order valence-electron chi connectivity index (χ1n) is 6.38. The highest BCUT2D eigenvalue weighted by Gasteiger charge is 2.21. The molecular formula is C12H23N5OS. The van der Waals surface area contributed by atoms with Crippen LogP contribution in [0.15, 0.2) is 0 Å². The molecule has 0 saturated heterocycles. The van der Waals surface area contributed by atoms with Gasteiger partial charge in [-0.15, -0.1) is 0 Å². The van der Waals surface area contributed by atoms with Crippen molar-refractivity contribution >= 4 is 28.3 Å². The summed E-state index contributed by atoms with van der Waals surface area (Å²) in [5, 5.41) is 3.47. The molecule has 6 nitrogen and oxygen atoms in total. The van der Waals surface area contributed by atoms with Crippen molar-refractivity contribution in [2.75, 3.05) is 51.4 Å². The number of nitrogen functional groups attached to an aromatic ring is 1. The lowest BCUT2D eigenvalue weighted by atomic mass is 10.2. The fourth-order valence-corrected chi connectivity index (χ4v) is 2.73.